The molecule has 2 N–H and O–H groups in total. The molecule has 2 aromatic rings. The number of nitrogens with one attached hydrogen (secondary N) is 2. The number of hydrogen-bond acceptors (Lipinski definition) is 6. The number of imide groups is 1. The van der Waals surface area contributed by atoms with E-state index in [1.54, 1.807) is 16.9 Å². The minimum atomic E-state index is -1.13. The van der Waals surface area contributed by atoms with Gasteiger partial charge in [0.15, 0.2) is 11.8 Å². The number of nitrogens with zero attached hydrogens (tertiary/aromatic N) is 3. The largest absolute Gasteiger partial charge is 0.449 e. The van der Waals surface area contributed by atoms with E-state index < -0.39 is 24.0 Å². The van der Waals surface area contributed by atoms with Crippen molar-refractivity contribution in [2.75, 3.05) is 0 Å². The van der Waals surface area contributed by atoms with Crippen LogP contribution in [0.2, 0.25) is 0 Å². The molecule has 1 aliphatic carbocycles. The van der Waals surface area contributed by atoms with Gasteiger partial charge < -0.3 is 10.1 Å². The molecule has 2 aromatic heterocycles. The van der Waals surface area contributed by atoms with Crippen molar-refractivity contribution in [2.45, 2.75) is 84.4 Å². The molecule has 9 nitrogen and oxygen atoms in total. The Morgan fingerprint density at radius 1 is 1.13 bits per heavy atom. The number of rotatable bonds is 6. The van der Waals surface area contributed by atoms with Crippen molar-refractivity contribution >= 4 is 28.9 Å². The van der Waals surface area contributed by atoms with E-state index in [2.05, 4.69) is 20.7 Å². The number of carbonyl (C=O) groups excluding carboxylic acids is 3. The quantitative estimate of drug-likeness (QED) is 0.680. The fraction of sp³-hybridized carbons (Fsp3) is 0.591. The summed E-state index contributed by atoms with van der Waals surface area (Å²) < 4.78 is 7.14. The number of aromatic nitrogens is 3. The maximum Gasteiger partial charge on any atom is 0.339 e. The van der Waals surface area contributed by atoms with E-state index in [0.717, 1.165) is 31.4 Å². The molecule has 0 radical (unpaired) electrons. The maximum absolute atomic E-state index is 12.9. The molecule has 3 amide bonds. The molecule has 1 fully saturated rings. The first-order valence-corrected chi connectivity index (χ1v) is 10.9. The second-order valence-electron chi connectivity index (χ2n) is 8.66. The lowest BCUT2D eigenvalue weighted by molar-refractivity contribution is -0.127. The molecule has 31 heavy (non-hydrogen) atoms. The van der Waals surface area contributed by atoms with Crippen molar-refractivity contribution in [3.63, 3.8) is 0 Å². The molecule has 0 saturated heterocycles. The van der Waals surface area contributed by atoms with Crippen LogP contribution in [0.3, 0.4) is 0 Å². The zero-order valence-electron chi connectivity index (χ0n) is 18.8. The van der Waals surface area contributed by atoms with Gasteiger partial charge in [-0.05, 0) is 45.6 Å². The first-order chi connectivity index (χ1) is 14.7. The third kappa shape index (κ3) is 5.21. The van der Waals surface area contributed by atoms with Gasteiger partial charge in [0.2, 0.25) is 0 Å². The van der Waals surface area contributed by atoms with Crippen LogP contribution in [0, 0.1) is 0 Å². The van der Waals surface area contributed by atoms with Crippen LogP contribution in [-0.4, -0.2) is 44.8 Å². The summed E-state index contributed by atoms with van der Waals surface area (Å²) in [5, 5.41) is 9.95. The van der Waals surface area contributed by atoms with E-state index in [0.29, 0.717) is 16.6 Å². The normalized spacial score (nSPS) is 15.5. The SMILES string of the molecule is CC(C)c1cc(C(=O)O[C@@H](C)C(=O)NC(=O)NC2CCCC2)c2cnn(C(C)C)c2n1. The zero-order chi connectivity index (χ0) is 22.7. The van der Waals surface area contributed by atoms with Crippen molar-refractivity contribution in [1.29, 1.82) is 0 Å². The lowest BCUT2D eigenvalue weighted by Crippen LogP contribution is -2.47. The monoisotopic (exact) mass is 429 g/mol. The minimum Gasteiger partial charge on any atom is -0.449 e. The number of esters is 1. The van der Waals surface area contributed by atoms with Gasteiger partial charge >= 0.3 is 12.0 Å². The number of amides is 3. The van der Waals surface area contributed by atoms with Crippen LogP contribution in [-0.2, 0) is 9.53 Å². The van der Waals surface area contributed by atoms with Gasteiger partial charge in [0, 0.05) is 17.8 Å². The average molecular weight is 430 g/mol. The predicted molar refractivity (Wildman–Crippen MR) is 116 cm³/mol. The molecule has 0 bridgehead atoms. The molecule has 3 rings (SSSR count). The van der Waals surface area contributed by atoms with Crippen molar-refractivity contribution in [3.8, 4) is 0 Å². The molecule has 0 unspecified atom stereocenters. The van der Waals surface area contributed by atoms with Crippen molar-refractivity contribution in [1.82, 2.24) is 25.4 Å². The smallest absolute Gasteiger partial charge is 0.339 e. The van der Waals surface area contributed by atoms with E-state index >= 15 is 0 Å². The Hall–Kier alpha value is -2.97. The Bertz CT molecular complexity index is 976. The standard InChI is InChI=1S/C22H31N5O4/c1-12(2)18-10-16(17-11-23-27(13(3)4)19(17)25-18)21(29)31-14(5)20(28)26-22(30)24-15-8-6-7-9-15/h10-15H,6-9H2,1-5H3,(H2,24,26,28,30)/t14-/m0/s1. The highest BCUT2D eigenvalue weighted by atomic mass is 16.5. The summed E-state index contributed by atoms with van der Waals surface area (Å²) in [6, 6.07) is 1.27. The minimum absolute atomic E-state index is 0.0689. The van der Waals surface area contributed by atoms with Crippen LogP contribution in [0.25, 0.3) is 11.0 Å². The van der Waals surface area contributed by atoms with Gasteiger partial charge in [0.1, 0.15) is 0 Å². The van der Waals surface area contributed by atoms with E-state index in [1.807, 2.05) is 27.7 Å². The van der Waals surface area contributed by atoms with Gasteiger partial charge in [-0.15, -0.1) is 0 Å². The van der Waals surface area contributed by atoms with Crippen molar-refractivity contribution in [3.05, 3.63) is 23.5 Å². The lowest BCUT2D eigenvalue weighted by atomic mass is 10.1. The fourth-order valence-electron chi connectivity index (χ4n) is 3.66. The van der Waals surface area contributed by atoms with Gasteiger partial charge in [-0.3, -0.25) is 10.1 Å². The third-order valence-corrected chi connectivity index (χ3v) is 5.47. The van der Waals surface area contributed by atoms with Crippen molar-refractivity contribution in [2.24, 2.45) is 0 Å². The number of hydrogen-bond donors (Lipinski definition) is 2. The van der Waals surface area contributed by atoms with Gasteiger partial charge in [0.05, 0.1) is 17.1 Å². The molecular formula is C22H31N5O4. The summed E-state index contributed by atoms with van der Waals surface area (Å²) in [5.41, 5.74) is 1.63. The molecule has 1 aliphatic rings. The molecule has 9 heteroatoms. The summed E-state index contributed by atoms with van der Waals surface area (Å²) in [5.74, 6) is -1.24. The Labute approximate surface area is 181 Å². The number of pyridine rings is 1. The summed E-state index contributed by atoms with van der Waals surface area (Å²) >= 11 is 0. The van der Waals surface area contributed by atoms with Gasteiger partial charge in [-0.2, -0.15) is 5.10 Å². The van der Waals surface area contributed by atoms with Crippen molar-refractivity contribution < 1.29 is 19.1 Å². The lowest BCUT2D eigenvalue weighted by Gasteiger charge is -2.16. The maximum atomic E-state index is 12.9. The Morgan fingerprint density at radius 2 is 1.81 bits per heavy atom. The van der Waals surface area contributed by atoms with Gasteiger partial charge in [-0.25, -0.2) is 19.3 Å². The zero-order valence-corrected chi connectivity index (χ0v) is 18.8. The molecule has 0 spiro atoms. The van der Waals surface area contributed by atoms with Crippen LogP contribution in [0.1, 0.15) is 88.3 Å². The van der Waals surface area contributed by atoms with E-state index in [1.165, 1.54) is 6.92 Å². The van der Waals surface area contributed by atoms with Crippen LogP contribution in [0.4, 0.5) is 4.79 Å². The molecule has 1 atom stereocenters. The summed E-state index contributed by atoms with van der Waals surface area (Å²) in [6.45, 7) is 9.38. The van der Waals surface area contributed by atoms with E-state index in [9.17, 15) is 14.4 Å². The predicted octanol–water partition coefficient (Wildman–Crippen LogP) is 3.45. The second-order valence-corrected chi connectivity index (χ2v) is 8.66. The van der Waals surface area contributed by atoms with Crippen LogP contribution < -0.4 is 10.6 Å². The van der Waals surface area contributed by atoms with Crippen LogP contribution in [0.15, 0.2) is 12.3 Å². The van der Waals surface area contributed by atoms with Crippen LogP contribution in [0.5, 0.6) is 0 Å². The number of fused-ring (bicyclic) bond motifs is 1. The molecule has 1 saturated carbocycles. The summed E-state index contributed by atoms with van der Waals surface area (Å²) in [6.07, 6.45) is 4.41. The van der Waals surface area contributed by atoms with E-state index in [-0.39, 0.29) is 18.0 Å². The number of ether oxygens (including phenoxy) is 1. The Balaban J connectivity index is 1.74. The third-order valence-electron chi connectivity index (χ3n) is 5.47. The van der Waals surface area contributed by atoms with Gasteiger partial charge in [-0.1, -0.05) is 26.7 Å². The highest BCUT2D eigenvalue weighted by Gasteiger charge is 2.25. The second kappa shape index (κ2) is 9.45. The Morgan fingerprint density at radius 3 is 2.42 bits per heavy atom. The fourth-order valence-corrected chi connectivity index (χ4v) is 3.66. The first-order valence-electron chi connectivity index (χ1n) is 10.9. The first kappa shape index (κ1) is 22.7. The summed E-state index contributed by atoms with van der Waals surface area (Å²) in [7, 11) is 0. The number of urea groups is 1. The molecule has 168 valence electrons. The topological polar surface area (TPSA) is 115 Å². The highest BCUT2D eigenvalue weighted by Crippen LogP contribution is 2.25. The van der Waals surface area contributed by atoms with E-state index in [4.69, 9.17) is 4.74 Å². The summed E-state index contributed by atoms with van der Waals surface area (Å²) in [4.78, 5) is 42.0. The van der Waals surface area contributed by atoms with Gasteiger partial charge in [0.25, 0.3) is 5.91 Å². The van der Waals surface area contributed by atoms with Crippen LogP contribution >= 0.6 is 0 Å². The number of carbonyl (C=O) groups is 3. The molecule has 2 heterocycles. The molecule has 0 aromatic carbocycles. The highest BCUT2D eigenvalue weighted by molar-refractivity contribution is 6.04. The molecule has 0 aliphatic heterocycles. The Kier molecular flexibility index (Phi) is 6.92. The average Bonchev–Trinajstić information content (AvgIpc) is 3.36. The molecular weight excluding hydrogens is 398 g/mol.